The van der Waals surface area contributed by atoms with E-state index in [0.717, 1.165) is 43.5 Å². The van der Waals surface area contributed by atoms with Crippen LogP contribution in [-0.2, 0) is 25.5 Å². The first-order chi connectivity index (χ1) is 14.6. The molecule has 1 aromatic heterocycles. The van der Waals surface area contributed by atoms with Crippen LogP contribution in [0.1, 0.15) is 38.2 Å². The Bertz CT molecular complexity index is 816. The highest BCUT2D eigenvalue weighted by Gasteiger charge is 2.15. The Balaban J connectivity index is 1.39. The second-order valence-corrected chi connectivity index (χ2v) is 8.19. The van der Waals surface area contributed by atoms with Gasteiger partial charge in [0.05, 0.1) is 31.4 Å². The Morgan fingerprint density at radius 1 is 1.30 bits per heavy atom. The third-order valence-corrected chi connectivity index (χ3v) is 5.58. The Labute approximate surface area is 181 Å². The molecular formula is C22H29N3O4S. The SMILES string of the molecule is CC(=O)NCCCc1ccc(-c2csc(NC(=O)CCOCC3CCCO3)n2)cc1. The maximum Gasteiger partial charge on any atom is 0.228 e. The molecule has 7 nitrogen and oxygen atoms in total. The highest BCUT2D eigenvalue weighted by Crippen LogP contribution is 2.25. The molecular weight excluding hydrogens is 402 g/mol. The van der Waals surface area contributed by atoms with Gasteiger partial charge in [-0.25, -0.2) is 4.98 Å². The van der Waals surface area contributed by atoms with Crippen LogP contribution in [0.5, 0.6) is 0 Å². The summed E-state index contributed by atoms with van der Waals surface area (Å²) in [6, 6.07) is 8.22. The summed E-state index contributed by atoms with van der Waals surface area (Å²) in [5, 5.41) is 8.17. The number of aromatic nitrogens is 1. The third-order valence-electron chi connectivity index (χ3n) is 4.82. The number of rotatable bonds is 11. The first-order valence-corrected chi connectivity index (χ1v) is 11.3. The van der Waals surface area contributed by atoms with E-state index < -0.39 is 0 Å². The van der Waals surface area contributed by atoms with Crippen molar-refractivity contribution in [2.75, 3.05) is 31.7 Å². The lowest BCUT2D eigenvalue weighted by Gasteiger charge is -2.09. The molecule has 2 N–H and O–H groups in total. The van der Waals surface area contributed by atoms with Crippen LogP contribution in [-0.4, -0.2) is 49.3 Å². The minimum absolute atomic E-state index is 0.00276. The molecule has 1 aromatic carbocycles. The van der Waals surface area contributed by atoms with Crippen molar-refractivity contribution in [3.05, 3.63) is 35.2 Å². The quantitative estimate of drug-likeness (QED) is 0.532. The molecule has 1 saturated heterocycles. The summed E-state index contributed by atoms with van der Waals surface area (Å²) in [6.45, 7) is 3.96. The molecule has 1 aliphatic rings. The molecule has 1 atom stereocenters. The standard InChI is InChI=1S/C22H29N3O4S/c1-16(26)23-11-2-4-17-6-8-18(9-7-17)20-15-30-22(24-20)25-21(27)10-13-28-14-19-5-3-12-29-19/h6-9,15,19H,2-5,10-14H2,1H3,(H,23,26)(H,24,25,27). The Hall–Kier alpha value is -2.29. The van der Waals surface area contributed by atoms with Crippen LogP contribution in [0, 0.1) is 0 Å². The molecule has 3 rings (SSSR count). The van der Waals surface area contributed by atoms with E-state index >= 15 is 0 Å². The number of anilines is 1. The van der Waals surface area contributed by atoms with E-state index in [0.29, 0.717) is 31.3 Å². The summed E-state index contributed by atoms with van der Waals surface area (Å²) in [7, 11) is 0. The van der Waals surface area contributed by atoms with Crippen LogP contribution in [0.25, 0.3) is 11.3 Å². The summed E-state index contributed by atoms with van der Waals surface area (Å²) in [6.07, 6.45) is 4.42. The monoisotopic (exact) mass is 431 g/mol. The predicted molar refractivity (Wildman–Crippen MR) is 118 cm³/mol. The second kappa shape index (κ2) is 11.8. The van der Waals surface area contributed by atoms with Gasteiger partial charge in [0.15, 0.2) is 5.13 Å². The highest BCUT2D eigenvalue weighted by molar-refractivity contribution is 7.14. The summed E-state index contributed by atoms with van der Waals surface area (Å²) in [4.78, 5) is 27.5. The lowest BCUT2D eigenvalue weighted by atomic mass is 10.1. The molecule has 0 spiro atoms. The van der Waals surface area contributed by atoms with Crippen LogP contribution >= 0.6 is 11.3 Å². The first-order valence-electron chi connectivity index (χ1n) is 10.4. The van der Waals surface area contributed by atoms with Crippen LogP contribution in [0.4, 0.5) is 5.13 Å². The maximum atomic E-state index is 12.1. The van der Waals surface area contributed by atoms with Crippen LogP contribution < -0.4 is 10.6 Å². The van der Waals surface area contributed by atoms with E-state index in [4.69, 9.17) is 9.47 Å². The zero-order valence-corrected chi connectivity index (χ0v) is 18.1. The minimum Gasteiger partial charge on any atom is -0.378 e. The lowest BCUT2D eigenvalue weighted by molar-refractivity contribution is -0.119. The molecule has 2 aromatic rings. The van der Waals surface area contributed by atoms with Crippen molar-refractivity contribution < 1.29 is 19.1 Å². The fourth-order valence-corrected chi connectivity index (χ4v) is 3.94. The lowest BCUT2D eigenvalue weighted by Crippen LogP contribution is -2.21. The first kappa shape index (κ1) is 22.4. The Morgan fingerprint density at radius 3 is 2.87 bits per heavy atom. The van der Waals surface area contributed by atoms with Crippen molar-refractivity contribution >= 4 is 28.3 Å². The number of amides is 2. The maximum absolute atomic E-state index is 12.1. The molecule has 0 saturated carbocycles. The largest absolute Gasteiger partial charge is 0.378 e. The number of nitrogens with one attached hydrogen (secondary N) is 2. The van der Waals surface area contributed by atoms with Crippen LogP contribution in [0.2, 0.25) is 0 Å². The summed E-state index contributed by atoms with van der Waals surface area (Å²) in [5.74, 6) is -0.0965. The van der Waals surface area contributed by atoms with Gasteiger partial charge in [-0.2, -0.15) is 0 Å². The van der Waals surface area contributed by atoms with Gasteiger partial charge in [0.2, 0.25) is 11.8 Å². The van der Waals surface area contributed by atoms with Gasteiger partial charge in [-0.15, -0.1) is 11.3 Å². The Morgan fingerprint density at radius 2 is 2.13 bits per heavy atom. The van der Waals surface area contributed by atoms with Crippen molar-refractivity contribution in [2.45, 2.75) is 45.1 Å². The van der Waals surface area contributed by atoms with Crippen molar-refractivity contribution in [3.63, 3.8) is 0 Å². The smallest absolute Gasteiger partial charge is 0.228 e. The van der Waals surface area contributed by atoms with Gasteiger partial charge in [-0.05, 0) is 31.2 Å². The number of nitrogens with zero attached hydrogens (tertiary/aromatic N) is 1. The number of carbonyl (C=O) groups excluding carboxylic acids is 2. The highest BCUT2D eigenvalue weighted by atomic mass is 32.1. The fourth-order valence-electron chi connectivity index (χ4n) is 3.20. The van der Waals surface area contributed by atoms with E-state index in [1.165, 1.54) is 23.8 Å². The van der Waals surface area contributed by atoms with Crippen LogP contribution in [0.3, 0.4) is 0 Å². The molecule has 8 heteroatoms. The molecule has 30 heavy (non-hydrogen) atoms. The Kier molecular flexibility index (Phi) is 8.80. The molecule has 0 radical (unpaired) electrons. The predicted octanol–water partition coefficient (Wildman–Crippen LogP) is 3.40. The fraction of sp³-hybridized carbons (Fsp3) is 0.500. The number of thiazole rings is 1. The van der Waals surface area contributed by atoms with Gasteiger partial charge in [0, 0.05) is 31.0 Å². The third kappa shape index (κ3) is 7.51. The molecule has 1 unspecified atom stereocenters. The van der Waals surface area contributed by atoms with E-state index in [9.17, 15) is 9.59 Å². The van der Waals surface area contributed by atoms with Crippen molar-refractivity contribution in [1.82, 2.24) is 10.3 Å². The average molecular weight is 432 g/mol. The van der Waals surface area contributed by atoms with Crippen molar-refractivity contribution in [1.29, 1.82) is 0 Å². The average Bonchev–Trinajstić information content (AvgIpc) is 3.41. The minimum atomic E-state index is -0.0993. The van der Waals surface area contributed by atoms with E-state index in [1.807, 2.05) is 17.5 Å². The molecule has 162 valence electrons. The van der Waals surface area contributed by atoms with E-state index in [1.54, 1.807) is 0 Å². The molecule has 1 fully saturated rings. The summed E-state index contributed by atoms with van der Waals surface area (Å²) < 4.78 is 11.0. The summed E-state index contributed by atoms with van der Waals surface area (Å²) in [5.41, 5.74) is 3.07. The van der Waals surface area contributed by atoms with Gasteiger partial charge >= 0.3 is 0 Å². The van der Waals surface area contributed by atoms with Gasteiger partial charge in [0.25, 0.3) is 0 Å². The topological polar surface area (TPSA) is 89.6 Å². The number of hydrogen-bond acceptors (Lipinski definition) is 6. The number of benzene rings is 1. The van der Waals surface area contributed by atoms with E-state index in [-0.39, 0.29) is 17.9 Å². The molecule has 1 aliphatic heterocycles. The van der Waals surface area contributed by atoms with Gasteiger partial charge in [-0.3, -0.25) is 9.59 Å². The molecule has 0 bridgehead atoms. The second-order valence-electron chi connectivity index (χ2n) is 7.33. The van der Waals surface area contributed by atoms with Crippen molar-refractivity contribution in [2.24, 2.45) is 0 Å². The normalized spacial score (nSPS) is 15.8. The number of aryl methyl sites for hydroxylation is 1. The summed E-state index contributed by atoms with van der Waals surface area (Å²) >= 11 is 1.41. The molecule has 2 heterocycles. The van der Waals surface area contributed by atoms with Gasteiger partial charge in [0.1, 0.15) is 0 Å². The van der Waals surface area contributed by atoms with Crippen molar-refractivity contribution in [3.8, 4) is 11.3 Å². The van der Waals surface area contributed by atoms with Crippen LogP contribution in [0.15, 0.2) is 29.6 Å². The zero-order valence-electron chi connectivity index (χ0n) is 17.3. The zero-order chi connectivity index (χ0) is 21.2. The van der Waals surface area contributed by atoms with E-state index in [2.05, 4.69) is 27.8 Å². The number of ether oxygens (including phenoxy) is 2. The number of hydrogen-bond donors (Lipinski definition) is 2. The molecule has 2 amide bonds. The van der Waals surface area contributed by atoms with Gasteiger partial charge in [-0.1, -0.05) is 24.3 Å². The number of carbonyl (C=O) groups is 2. The van der Waals surface area contributed by atoms with Gasteiger partial charge < -0.3 is 20.1 Å². The molecule has 0 aliphatic carbocycles.